The summed E-state index contributed by atoms with van der Waals surface area (Å²) >= 11 is 5.80. The van der Waals surface area contributed by atoms with E-state index in [0.717, 1.165) is 12.8 Å². The maximum atomic E-state index is 12.5. The molecule has 0 aliphatic carbocycles. The van der Waals surface area contributed by atoms with Crippen LogP contribution in [0.15, 0.2) is 17.2 Å². The van der Waals surface area contributed by atoms with E-state index in [1.54, 1.807) is 0 Å². The first-order valence-electron chi connectivity index (χ1n) is 6.03. The maximum absolute atomic E-state index is 12.5. The third-order valence-corrected chi connectivity index (χ3v) is 5.46. The molecule has 0 radical (unpaired) electrons. The van der Waals surface area contributed by atoms with Gasteiger partial charge in [0.1, 0.15) is 10.7 Å². The number of sulfonamides is 1. The van der Waals surface area contributed by atoms with Crippen LogP contribution in [0.5, 0.6) is 0 Å². The minimum absolute atomic E-state index is 0.0112. The number of nitrogen functional groups attached to an aromatic ring is 1. The number of nitrogens with two attached hydrogens (primary N) is 1. The Kier molecular flexibility index (Phi) is 4.29. The molecule has 1 aromatic rings. The number of aromatic nitrogens is 1. The SMILES string of the molecule is CNC1CCN(S(=O)(=O)c2cc(Cl)cnc2N)CC1. The van der Waals surface area contributed by atoms with Gasteiger partial charge in [0.2, 0.25) is 10.0 Å². The zero-order chi connectivity index (χ0) is 14.0. The van der Waals surface area contributed by atoms with Crippen LogP contribution in [-0.2, 0) is 10.0 Å². The molecule has 106 valence electrons. The van der Waals surface area contributed by atoms with Crippen LogP contribution in [0.2, 0.25) is 5.02 Å². The summed E-state index contributed by atoms with van der Waals surface area (Å²) in [4.78, 5) is 3.79. The van der Waals surface area contributed by atoms with Gasteiger partial charge in [-0.15, -0.1) is 0 Å². The molecule has 8 heteroatoms. The van der Waals surface area contributed by atoms with Crippen molar-refractivity contribution in [1.82, 2.24) is 14.6 Å². The van der Waals surface area contributed by atoms with Crippen LogP contribution >= 0.6 is 11.6 Å². The Morgan fingerprint density at radius 3 is 2.68 bits per heavy atom. The Hall–Kier alpha value is -0.890. The van der Waals surface area contributed by atoms with Crippen molar-refractivity contribution in [3.63, 3.8) is 0 Å². The van der Waals surface area contributed by atoms with Crippen molar-refractivity contribution < 1.29 is 8.42 Å². The molecule has 2 rings (SSSR count). The first-order chi connectivity index (χ1) is 8.95. The molecular weight excluding hydrogens is 288 g/mol. The Labute approximate surface area is 118 Å². The maximum Gasteiger partial charge on any atom is 0.246 e. The molecule has 1 aliphatic rings. The zero-order valence-corrected chi connectivity index (χ0v) is 12.2. The number of nitrogens with one attached hydrogen (secondary N) is 1. The van der Waals surface area contributed by atoms with Crippen molar-refractivity contribution in [2.45, 2.75) is 23.8 Å². The van der Waals surface area contributed by atoms with Crippen molar-refractivity contribution in [3.8, 4) is 0 Å². The monoisotopic (exact) mass is 304 g/mol. The van der Waals surface area contributed by atoms with Crippen LogP contribution in [0.4, 0.5) is 5.82 Å². The molecule has 2 heterocycles. The summed E-state index contributed by atoms with van der Waals surface area (Å²) in [5.41, 5.74) is 5.65. The van der Waals surface area contributed by atoms with Crippen LogP contribution in [-0.4, -0.2) is 43.9 Å². The summed E-state index contributed by atoms with van der Waals surface area (Å²) in [5.74, 6) is -0.0138. The first kappa shape index (κ1) is 14.5. The largest absolute Gasteiger partial charge is 0.383 e. The van der Waals surface area contributed by atoms with Crippen LogP contribution in [0, 0.1) is 0 Å². The van der Waals surface area contributed by atoms with E-state index in [0.29, 0.717) is 19.1 Å². The highest BCUT2D eigenvalue weighted by atomic mass is 35.5. The number of hydrogen-bond donors (Lipinski definition) is 2. The third kappa shape index (κ3) is 3.00. The van der Waals surface area contributed by atoms with Gasteiger partial charge in [-0.25, -0.2) is 13.4 Å². The zero-order valence-electron chi connectivity index (χ0n) is 10.6. The molecule has 1 saturated heterocycles. The molecule has 3 N–H and O–H groups in total. The molecule has 6 nitrogen and oxygen atoms in total. The second-order valence-electron chi connectivity index (χ2n) is 4.50. The average Bonchev–Trinajstić information content (AvgIpc) is 2.41. The van der Waals surface area contributed by atoms with E-state index >= 15 is 0 Å². The van der Waals surface area contributed by atoms with E-state index in [1.807, 2.05) is 7.05 Å². The topological polar surface area (TPSA) is 88.3 Å². The number of hydrogen-bond acceptors (Lipinski definition) is 5. The van der Waals surface area contributed by atoms with E-state index in [9.17, 15) is 8.42 Å². The molecule has 0 amide bonds. The summed E-state index contributed by atoms with van der Waals surface area (Å²) in [7, 11) is -1.73. The van der Waals surface area contributed by atoms with Crippen LogP contribution < -0.4 is 11.1 Å². The van der Waals surface area contributed by atoms with E-state index in [1.165, 1.54) is 16.6 Å². The predicted octanol–water partition coefficient (Wildman–Crippen LogP) is 0.690. The molecule has 0 spiro atoms. The van der Waals surface area contributed by atoms with Gasteiger partial charge in [0, 0.05) is 25.3 Å². The highest BCUT2D eigenvalue weighted by molar-refractivity contribution is 7.89. The van der Waals surface area contributed by atoms with Gasteiger partial charge >= 0.3 is 0 Å². The second-order valence-corrected chi connectivity index (χ2v) is 6.85. The summed E-state index contributed by atoms with van der Waals surface area (Å²) in [6.45, 7) is 0.944. The Morgan fingerprint density at radius 2 is 2.11 bits per heavy atom. The molecule has 0 unspecified atom stereocenters. The van der Waals surface area contributed by atoms with Crippen molar-refractivity contribution in [1.29, 1.82) is 0 Å². The lowest BCUT2D eigenvalue weighted by molar-refractivity contribution is 0.298. The van der Waals surface area contributed by atoms with E-state index < -0.39 is 10.0 Å². The number of halogens is 1. The molecule has 0 atom stereocenters. The highest BCUT2D eigenvalue weighted by Gasteiger charge is 2.30. The minimum Gasteiger partial charge on any atom is -0.383 e. The van der Waals surface area contributed by atoms with Crippen molar-refractivity contribution in [2.24, 2.45) is 0 Å². The standard InChI is InChI=1S/C11H17ClN4O2S/c1-14-9-2-4-16(5-3-9)19(17,18)10-6-8(12)7-15-11(10)13/h6-7,9,14H,2-5H2,1H3,(H2,13,15). The second kappa shape index (κ2) is 5.62. The fraction of sp³-hybridized carbons (Fsp3) is 0.545. The van der Waals surface area contributed by atoms with Gasteiger partial charge in [-0.05, 0) is 26.0 Å². The Morgan fingerprint density at radius 1 is 1.47 bits per heavy atom. The summed E-state index contributed by atoms with van der Waals surface area (Å²) in [6, 6.07) is 1.71. The molecule has 1 fully saturated rings. The van der Waals surface area contributed by atoms with Gasteiger partial charge < -0.3 is 11.1 Å². The summed E-state index contributed by atoms with van der Waals surface area (Å²) in [5, 5.41) is 3.42. The van der Waals surface area contributed by atoms with Crippen molar-refractivity contribution >= 4 is 27.4 Å². The molecule has 0 saturated carbocycles. The van der Waals surface area contributed by atoms with Crippen molar-refractivity contribution in [2.75, 3.05) is 25.9 Å². The number of rotatable bonds is 3. The van der Waals surface area contributed by atoms with Gasteiger partial charge in [0.15, 0.2) is 0 Å². The normalized spacial score (nSPS) is 18.6. The number of piperidine rings is 1. The molecule has 19 heavy (non-hydrogen) atoms. The molecule has 0 aromatic carbocycles. The minimum atomic E-state index is -3.61. The first-order valence-corrected chi connectivity index (χ1v) is 7.85. The van der Waals surface area contributed by atoms with Crippen LogP contribution in [0.3, 0.4) is 0 Å². The average molecular weight is 305 g/mol. The van der Waals surface area contributed by atoms with Gasteiger partial charge in [-0.1, -0.05) is 11.6 Å². The number of anilines is 1. The smallest absolute Gasteiger partial charge is 0.246 e. The molecule has 1 aliphatic heterocycles. The van der Waals surface area contributed by atoms with Crippen LogP contribution in [0.1, 0.15) is 12.8 Å². The van der Waals surface area contributed by atoms with Crippen molar-refractivity contribution in [3.05, 3.63) is 17.3 Å². The lowest BCUT2D eigenvalue weighted by atomic mass is 10.1. The highest BCUT2D eigenvalue weighted by Crippen LogP contribution is 2.26. The quantitative estimate of drug-likeness (QED) is 0.858. The molecule has 1 aromatic heterocycles. The van der Waals surface area contributed by atoms with E-state index in [2.05, 4.69) is 10.3 Å². The summed E-state index contributed by atoms with van der Waals surface area (Å²) < 4.78 is 26.4. The lowest BCUT2D eigenvalue weighted by Gasteiger charge is -2.31. The van der Waals surface area contributed by atoms with Gasteiger partial charge in [-0.2, -0.15) is 4.31 Å². The van der Waals surface area contributed by atoms with Crippen LogP contribution in [0.25, 0.3) is 0 Å². The van der Waals surface area contributed by atoms with Gasteiger partial charge in [0.05, 0.1) is 5.02 Å². The molecular formula is C11H17ClN4O2S. The number of pyridine rings is 1. The fourth-order valence-corrected chi connectivity index (χ4v) is 3.95. The Bertz CT molecular complexity index is 556. The van der Waals surface area contributed by atoms with Gasteiger partial charge in [-0.3, -0.25) is 0 Å². The number of nitrogens with zero attached hydrogens (tertiary/aromatic N) is 2. The lowest BCUT2D eigenvalue weighted by Crippen LogP contribution is -2.44. The predicted molar refractivity (Wildman–Crippen MR) is 74.5 cm³/mol. The van der Waals surface area contributed by atoms with E-state index in [4.69, 9.17) is 17.3 Å². The summed E-state index contributed by atoms with van der Waals surface area (Å²) in [6.07, 6.45) is 2.90. The fourth-order valence-electron chi connectivity index (χ4n) is 2.16. The third-order valence-electron chi connectivity index (χ3n) is 3.33. The van der Waals surface area contributed by atoms with E-state index in [-0.39, 0.29) is 15.7 Å². The van der Waals surface area contributed by atoms with Gasteiger partial charge in [0.25, 0.3) is 0 Å². The molecule has 0 bridgehead atoms. The Balaban J connectivity index is 2.26.